The van der Waals surface area contributed by atoms with E-state index in [1.54, 1.807) is 25.3 Å². The van der Waals surface area contributed by atoms with Gasteiger partial charge in [-0.15, -0.1) is 0 Å². The molecule has 0 saturated heterocycles. The highest BCUT2D eigenvalue weighted by atomic mass is 19.3. The average Bonchev–Trinajstić information content (AvgIpc) is 3.27. The zero-order valence-electron chi connectivity index (χ0n) is 15.6. The Kier molecular flexibility index (Phi) is 4.33. The van der Waals surface area contributed by atoms with Crippen molar-refractivity contribution in [1.82, 2.24) is 9.88 Å². The summed E-state index contributed by atoms with van der Waals surface area (Å²) in [6.07, 6.45) is 1.77. The Morgan fingerprint density at radius 1 is 1.25 bits per heavy atom. The van der Waals surface area contributed by atoms with E-state index in [9.17, 15) is 8.78 Å². The number of fused-ring (bicyclic) bond motifs is 2. The van der Waals surface area contributed by atoms with Crippen LogP contribution in [0.4, 0.5) is 8.78 Å². The summed E-state index contributed by atoms with van der Waals surface area (Å²) < 4.78 is 31.1. The van der Waals surface area contributed by atoms with Crippen molar-refractivity contribution in [2.75, 3.05) is 0 Å². The number of halogens is 2. The molecule has 0 amide bonds. The van der Waals surface area contributed by atoms with Crippen LogP contribution in [0.2, 0.25) is 0 Å². The number of alkyl halides is 2. The van der Waals surface area contributed by atoms with Crippen LogP contribution in [0.5, 0.6) is 5.75 Å². The second-order valence-electron chi connectivity index (χ2n) is 7.31. The number of aryl methyl sites for hydroxylation is 1. The van der Waals surface area contributed by atoms with Crippen LogP contribution in [0.25, 0.3) is 10.9 Å². The third-order valence-electron chi connectivity index (χ3n) is 5.44. The van der Waals surface area contributed by atoms with E-state index in [0.717, 1.165) is 27.6 Å². The molecule has 1 unspecified atom stereocenters. The Bertz CT molecular complexity index is 1100. The van der Waals surface area contributed by atoms with Gasteiger partial charge in [0.2, 0.25) is 0 Å². The molecular formula is C21H20F2N4O. The Hall–Kier alpha value is -2.95. The van der Waals surface area contributed by atoms with E-state index in [-0.39, 0.29) is 5.75 Å². The van der Waals surface area contributed by atoms with Crippen LogP contribution in [0.1, 0.15) is 34.7 Å². The van der Waals surface area contributed by atoms with Crippen molar-refractivity contribution in [3.8, 4) is 11.8 Å². The van der Waals surface area contributed by atoms with Crippen LogP contribution in [0, 0.1) is 18.3 Å². The fraction of sp³-hybridized carbons (Fsp3) is 0.286. The lowest BCUT2D eigenvalue weighted by atomic mass is 9.93. The number of nitriles is 1. The smallest absolute Gasteiger partial charge is 0.387 e. The summed E-state index contributed by atoms with van der Waals surface area (Å²) in [5.74, 6) is 0.0817. The van der Waals surface area contributed by atoms with Gasteiger partial charge in [-0.25, -0.2) is 0 Å². The van der Waals surface area contributed by atoms with Crippen LogP contribution in [-0.4, -0.2) is 16.5 Å². The number of aromatic nitrogens is 1. The third kappa shape index (κ3) is 2.91. The molecule has 0 spiro atoms. The molecule has 2 aromatic carbocycles. The summed E-state index contributed by atoms with van der Waals surface area (Å²) >= 11 is 0. The molecule has 1 aliphatic rings. The molecule has 1 aromatic heterocycles. The first-order valence-corrected chi connectivity index (χ1v) is 8.93. The summed E-state index contributed by atoms with van der Waals surface area (Å²) in [5.41, 5.74) is 10.5. The lowest BCUT2D eigenvalue weighted by molar-refractivity contribution is -0.0522. The van der Waals surface area contributed by atoms with Gasteiger partial charge in [-0.1, -0.05) is 6.07 Å². The number of nitrogens with zero attached hydrogens (tertiary/aromatic N) is 2. The van der Waals surface area contributed by atoms with Crippen molar-refractivity contribution in [3.63, 3.8) is 0 Å². The van der Waals surface area contributed by atoms with Gasteiger partial charge in [-0.3, -0.25) is 4.90 Å². The maximum atomic E-state index is 13.1. The Labute approximate surface area is 161 Å². The van der Waals surface area contributed by atoms with Gasteiger partial charge >= 0.3 is 6.61 Å². The molecule has 1 atom stereocenters. The van der Waals surface area contributed by atoms with Gasteiger partial charge in [0.25, 0.3) is 0 Å². The fourth-order valence-corrected chi connectivity index (χ4v) is 4.04. The number of nitrogens with one attached hydrogen (secondary N) is 1. The minimum absolute atomic E-state index is 0.0817. The molecular weight excluding hydrogens is 362 g/mol. The zero-order valence-corrected chi connectivity index (χ0v) is 15.6. The SMILES string of the molecule is Cc1cc(OC(F)F)c(C(C)(N)N2Cc3ccc(C#N)cc3C2)c2cc[nH]c12. The molecule has 2 heterocycles. The zero-order chi connectivity index (χ0) is 20.1. The van der Waals surface area contributed by atoms with Gasteiger partial charge in [0.05, 0.1) is 17.3 Å². The maximum Gasteiger partial charge on any atom is 0.387 e. The van der Waals surface area contributed by atoms with Crippen molar-refractivity contribution in [2.45, 2.75) is 39.2 Å². The van der Waals surface area contributed by atoms with Crippen molar-refractivity contribution in [3.05, 3.63) is 64.3 Å². The van der Waals surface area contributed by atoms with Gasteiger partial charge in [-0.05, 0) is 54.8 Å². The molecule has 3 N–H and O–H groups in total. The molecule has 144 valence electrons. The lowest BCUT2D eigenvalue weighted by Crippen LogP contribution is -2.48. The van der Waals surface area contributed by atoms with E-state index in [2.05, 4.69) is 11.1 Å². The van der Waals surface area contributed by atoms with Gasteiger partial charge in [0.15, 0.2) is 0 Å². The molecule has 4 rings (SSSR count). The number of ether oxygens (including phenoxy) is 1. The van der Waals surface area contributed by atoms with Gasteiger partial charge in [-0.2, -0.15) is 14.0 Å². The summed E-state index contributed by atoms with van der Waals surface area (Å²) in [6.45, 7) is 1.77. The van der Waals surface area contributed by atoms with E-state index in [0.29, 0.717) is 24.2 Å². The second kappa shape index (κ2) is 6.59. The maximum absolute atomic E-state index is 13.1. The topological polar surface area (TPSA) is 78.1 Å². The Balaban J connectivity index is 1.81. The Morgan fingerprint density at radius 3 is 2.71 bits per heavy atom. The van der Waals surface area contributed by atoms with Crippen molar-refractivity contribution >= 4 is 10.9 Å². The second-order valence-corrected chi connectivity index (χ2v) is 7.31. The first-order valence-electron chi connectivity index (χ1n) is 8.93. The van der Waals surface area contributed by atoms with Gasteiger partial charge in [0.1, 0.15) is 5.75 Å². The highest BCUT2D eigenvalue weighted by molar-refractivity contribution is 5.89. The number of nitrogens with two attached hydrogens (primary N) is 1. The standard InChI is InChI=1S/C21H20F2N4O/c1-12-7-17(28-20(22)23)18(16-5-6-26-19(12)16)21(2,25)27-10-14-4-3-13(9-24)8-15(14)11-27/h3-8,20,26H,10-11,25H2,1-2H3. The van der Waals surface area contributed by atoms with Gasteiger partial charge in [0, 0.05) is 35.8 Å². The van der Waals surface area contributed by atoms with E-state index in [1.165, 1.54) is 0 Å². The van der Waals surface area contributed by atoms with E-state index in [1.807, 2.05) is 30.0 Å². The third-order valence-corrected chi connectivity index (χ3v) is 5.44. The number of aromatic amines is 1. The lowest BCUT2D eigenvalue weighted by Gasteiger charge is -2.37. The molecule has 0 fully saturated rings. The largest absolute Gasteiger partial charge is 0.434 e. The quantitative estimate of drug-likeness (QED) is 0.712. The molecule has 28 heavy (non-hydrogen) atoms. The van der Waals surface area contributed by atoms with E-state index < -0.39 is 12.3 Å². The number of rotatable bonds is 4. The number of hydrogen-bond donors (Lipinski definition) is 2. The van der Waals surface area contributed by atoms with Crippen LogP contribution >= 0.6 is 0 Å². The van der Waals surface area contributed by atoms with E-state index in [4.69, 9.17) is 15.7 Å². The number of benzene rings is 2. The summed E-state index contributed by atoms with van der Waals surface area (Å²) in [6, 6.07) is 11.1. The normalized spacial score (nSPS) is 16.2. The molecule has 0 aliphatic carbocycles. The van der Waals surface area contributed by atoms with Gasteiger partial charge < -0.3 is 15.5 Å². The highest BCUT2D eigenvalue weighted by Gasteiger charge is 2.38. The molecule has 5 nitrogen and oxygen atoms in total. The molecule has 0 radical (unpaired) electrons. The Morgan fingerprint density at radius 2 is 2.00 bits per heavy atom. The number of H-pyrrole nitrogens is 1. The summed E-state index contributed by atoms with van der Waals surface area (Å²) in [4.78, 5) is 5.16. The molecule has 1 aliphatic heterocycles. The summed E-state index contributed by atoms with van der Waals surface area (Å²) in [5, 5.41) is 9.89. The summed E-state index contributed by atoms with van der Waals surface area (Å²) in [7, 11) is 0. The predicted molar refractivity (Wildman–Crippen MR) is 102 cm³/mol. The number of hydrogen-bond acceptors (Lipinski definition) is 4. The minimum Gasteiger partial charge on any atom is -0.434 e. The predicted octanol–water partition coefficient (Wildman–Crippen LogP) is 4.10. The van der Waals surface area contributed by atoms with Crippen molar-refractivity contribution in [1.29, 1.82) is 5.26 Å². The monoisotopic (exact) mass is 382 g/mol. The van der Waals surface area contributed by atoms with Crippen molar-refractivity contribution in [2.24, 2.45) is 5.73 Å². The molecule has 0 saturated carbocycles. The van der Waals surface area contributed by atoms with Crippen LogP contribution in [0.3, 0.4) is 0 Å². The van der Waals surface area contributed by atoms with Crippen molar-refractivity contribution < 1.29 is 13.5 Å². The molecule has 7 heteroatoms. The fourth-order valence-electron chi connectivity index (χ4n) is 4.04. The first-order chi connectivity index (χ1) is 13.3. The van der Waals surface area contributed by atoms with Crippen LogP contribution in [-0.2, 0) is 18.8 Å². The van der Waals surface area contributed by atoms with Crippen LogP contribution < -0.4 is 10.5 Å². The van der Waals surface area contributed by atoms with E-state index >= 15 is 0 Å². The first kappa shape index (κ1) is 18.4. The molecule has 0 bridgehead atoms. The minimum atomic E-state index is -2.95. The highest BCUT2D eigenvalue weighted by Crippen LogP contribution is 2.42. The van der Waals surface area contributed by atoms with Crippen LogP contribution in [0.15, 0.2) is 36.5 Å². The average molecular weight is 382 g/mol. The molecule has 3 aromatic rings.